The smallest absolute Gasteiger partial charge is 0.423 e. The van der Waals surface area contributed by atoms with Crippen LogP contribution in [0.4, 0.5) is 21.0 Å². The number of hydrogen-bond acceptors (Lipinski definition) is 7. The van der Waals surface area contributed by atoms with E-state index in [1.807, 2.05) is 0 Å². The maximum absolute atomic E-state index is 11.2. The maximum Gasteiger partial charge on any atom is 0.423 e. The van der Waals surface area contributed by atoms with E-state index in [1.165, 1.54) is 13.0 Å². The normalized spacial score (nSPS) is 10.3. The number of carboxylic acid groups (broad SMARTS) is 1. The van der Waals surface area contributed by atoms with Crippen LogP contribution >= 0.6 is 0 Å². The van der Waals surface area contributed by atoms with Crippen LogP contribution in [-0.2, 0) is 4.74 Å². The molecule has 1 N–H and O–H groups in total. The minimum Gasteiger partial charge on any atom is -0.464 e. The number of carbonyl (C=O) groups is 2. The summed E-state index contributed by atoms with van der Waals surface area (Å²) >= 11 is 0. The van der Waals surface area contributed by atoms with E-state index < -0.39 is 33.4 Å². The Morgan fingerprint density at radius 3 is 2.30 bits per heavy atom. The van der Waals surface area contributed by atoms with Crippen molar-refractivity contribution in [3.05, 3.63) is 49.7 Å². The Hall–Kier alpha value is -3.50. The van der Waals surface area contributed by atoms with Crippen LogP contribution in [0.25, 0.3) is 6.08 Å². The second-order valence-electron chi connectivity index (χ2n) is 4.16. The fourth-order valence-corrected chi connectivity index (χ4v) is 1.72. The van der Waals surface area contributed by atoms with Crippen molar-refractivity contribution in [1.29, 1.82) is 0 Å². The molecule has 0 heterocycles. The van der Waals surface area contributed by atoms with Gasteiger partial charge in [0.1, 0.15) is 0 Å². The SMILES string of the molecule is COC(=O)N(/C=C\c1cc(C)c([N+](=O)[O-])c([N+](=O)[O-])c1)C(=O)O. The van der Waals surface area contributed by atoms with Crippen molar-refractivity contribution in [3.8, 4) is 0 Å². The molecule has 0 atom stereocenters. The molecule has 2 amide bonds. The Morgan fingerprint density at radius 1 is 1.26 bits per heavy atom. The standard InChI is InChI=1S/C12H11N3O8/c1-7-5-8(3-4-13(11(16)17)12(18)23-2)6-9(14(19)20)10(7)15(21)22/h3-6H,1-2H3,(H,16,17)/b4-3-. The monoisotopic (exact) mass is 325 g/mol. The molecule has 11 nitrogen and oxygen atoms in total. The van der Waals surface area contributed by atoms with Crippen LogP contribution in [-0.4, -0.2) is 39.1 Å². The maximum atomic E-state index is 11.2. The lowest BCUT2D eigenvalue weighted by Crippen LogP contribution is -2.30. The second-order valence-corrected chi connectivity index (χ2v) is 4.16. The van der Waals surface area contributed by atoms with Gasteiger partial charge in [-0.1, -0.05) is 0 Å². The molecule has 23 heavy (non-hydrogen) atoms. The number of nitro groups is 2. The van der Waals surface area contributed by atoms with Crippen molar-refractivity contribution in [2.45, 2.75) is 6.92 Å². The van der Waals surface area contributed by atoms with Crippen LogP contribution in [0.2, 0.25) is 0 Å². The molecule has 122 valence electrons. The molecule has 0 fully saturated rings. The summed E-state index contributed by atoms with van der Waals surface area (Å²) < 4.78 is 4.26. The van der Waals surface area contributed by atoms with Gasteiger partial charge in [0, 0.05) is 17.8 Å². The summed E-state index contributed by atoms with van der Waals surface area (Å²) in [4.78, 5) is 42.3. The van der Waals surface area contributed by atoms with Crippen LogP contribution < -0.4 is 0 Å². The van der Waals surface area contributed by atoms with Crippen LogP contribution in [0.15, 0.2) is 18.3 Å². The summed E-state index contributed by atoms with van der Waals surface area (Å²) in [6.07, 6.45) is -0.907. The van der Waals surface area contributed by atoms with Gasteiger partial charge in [-0.05, 0) is 24.6 Å². The number of nitrogens with zero attached hydrogens (tertiary/aromatic N) is 3. The largest absolute Gasteiger partial charge is 0.464 e. The average molecular weight is 325 g/mol. The number of nitro benzene ring substituents is 2. The molecule has 0 spiro atoms. The van der Waals surface area contributed by atoms with Crippen LogP contribution in [0, 0.1) is 27.2 Å². The summed E-state index contributed by atoms with van der Waals surface area (Å²) in [5.41, 5.74) is -1.27. The second kappa shape index (κ2) is 6.98. The Morgan fingerprint density at radius 2 is 1.87 bits per heavy atom. The van der Waals surface area contributed by atoms with Crippen molar-refractivity contribution in [3.63, 3.8) is 0 Å². The highest BCUT2D eigenvalue weighted by Crippen LogP contribution is 2.32. The molecule has 0 aliphatic heterocycles. The molecular weight excluding hydrogens is 314 g/mol. The molecule has 1 aromatic rings. The topological polar surface area (TPSA) is 153 Å². The van der Waals surface area contributed by atoms with Gasteiger partial charge in [0.25, 0.3) is 0 Å². The molecule has 0 radical (unpaired) electrons. The molecule has 0 saturated heterocycles. The lowest BCUT2D eigenvalue weighted by atomic mass is 10.1. The number of imide groups is 1. The van der Waals surface area contributed by atoms with E-state index in [4.69, 9.17) is 5.11 Å². The van der Waals surface area contributed by atoms with E-state index in [-0.39, 0.29) is 16.0 Å². The minimum atomic E-state index is -1.62. The Kier molecular flexibility index (Phi) is 5.32. The number of hydrogen-bond donors (Lipinski definition) is 1. The fraction of sp³-hybridized carbons (Fsp3) is 0.167. The van der Waals surface area contributed by atoms with Gasteiger partial charge in [-0.2, -0.15) is 4.90 Å². The van der Waals surface area contributed by atoms with Gasteiger partial charge >= 0.3 is 23.6 Å². The number of ether oxygens (including phenoxy) is 1. The molecule has 0 unspecified atom stereocenters. The average Bonchev–Trinajstić information content (AvgIpc) is 2.45. The summed E-state index contributed by atoms with van der Waals surface area (Å²) in [6.45, 7) is 1.30. The van der Waals surface area contributed by atoms with Gasteiger partial charge in [0.15, 0.2) is 0 Å². The van der Waals surface area contributed by atoms with Crippen molar-refractivity contribution >= 4 is 29.6 Å². The first-order valence-corrected chi connectivity index (χ1v) is 5.90. The van der Waals surface area contributed by atoms with Gasteiger partial charge in [0.2, 0.25) is 0 Å². The highest BCUT2D eigenvalue weighted by Gasteiger charge is 2.27. The van der Waals surface area contributed by atoms with Gasteiger partial charge in [0.05, 0.1) is 17.0 Å². The number of methoxy groups -OCH3 is 1. The quantitative estimate of drug-likeness (QED) is 0.654. The van der Waals surface area contributed by atoms with E-state index >= 15 is 0 Å². The molecule has 1 aromatic carbocycles. The zero-order valence-electron chi connectivity index (χ0n) is 12.0. The number of rotatable bonds is 4. The Bertz CT molecular complexity index is 713. The molecule has 0 aliphatic rings. The molecule has 0 aromatic heterocycles. The first kappa shape index (κ1) is 17.6. The highest BCUT2D eigenvalue weighted by atomic mass is 16.6. The third kappa shape index (κ3) is 4.00. The van der Waals surface area contributed by atoms with Gasteiger partial charge < -0.3 is 9.84 Å². The molecule has 0 saturated carbocycles. The summed E-state index contributed by atoms with van der Waals surface area (Å²) in [7, 11) is 0.979. The zero-order valence-corrected chi connectivity index (χ0v) is 12.0. The highest BCUT2D eigenvalue weighted by molar-refractivity contribution is 5.88. The predicted octanol–water partition coefficient (Wildman–Crippen LogP) is 2.53. The van der Waals surface area contributed by atoms with E-state index in [0.29, 0.717) is 0 Å². The van der Waals surface area contributed by atoms with E-state index in [1.54, 1.807) is 0 Å². The Balaban J connectivity index is 3.32. The summed E-state index contributed by atoms with van der Waals surface area (Å²) in [5.74, 6) is 0. The lowest BCUT2D eigenvalue weighted by Gasteiger charge is -2.10. The lowest BCUT2D eigenvalue weighted by molar-refractivity contribution is -0.422. The molecular formula is C12H11N3O8. The van der Waals surface area contributed by atoms with Crippen molar-refractivity contribution in [1.82, 2.24) is 4.90 Å². The van der Waals surface area contributed by atoms with E-state index in [0.717, 1.165) is 25.5 Å². The van der Waals surface area contributed by atoms with E-state index in [2.05, 4.69) is 4.74 Å². The molecule has 0 aliphatic carbocycles. The van der Waals surface area contributed by atoms with Crippen LogP contribution in [0.3, 0.4) is 0 Å². The third-order valence-corrected chi connectivity index (χ3v) is 2.68. The third-order valence-electron chi connectivity index (χ3n) is 2.68. The van der Waals surface area contributed by atoms with Gasteiger partial charge in [-0.25, -0.2) is 9.59 Å². The molecule has 11 heteroatoms. The number of benzene rings is 1. The first-order chi connectivity index (χ1) is 10.7. The number of carbonyl (C=O) groups excluding carboxylic acids is 1. The minimum absolute atomic E-state index is 0.0174. The van der Waals surface area contributed by atoms with Crippen molar-refractivity contribution in [2.24, 2.45) is 0 Å². The molecule has 1 rings (SSSR count). The number of amides is 2. The van der Waals surface area contributed by atoms with Gasteiger partial charge in [-0.3, -0.25) is 20.2 Å². The van der Waals surface area contributed by atoms with Crippen molar-refractivity contribution in [2.75, 3.05) is 7.11 Å². The summed E-state index contributed by atoms with van der Waals surface area (Å²) in [5, 5.41) is 30.7. The summed E-state index contributed by atoms with van der Waals surface area (Å²) in [6, 6.07) is 2.15. The van der Waals surface area contributed by atoms with E-state index in [9.17, 15) is 29.8 Å². The predicted molar refractivity (Wildman–Crippen MR) is 75.8 cm³/mol. The first-order valence-electron chi connectivity index (χ1n) is 5.90. The number of aryl methyl sites for hydroxylation is 1. The zero-order chi connectivity index (χ0) is 17.7. The van der Waals surface area contributed by atoms with Crippen LogP contribution in [0.1, 0.15) is 11.1 Å². The molecule has 0 bridgehead atoms. The Labute approximate surface area is 128 Å². The van der Waals surface area contributed by atoms with Gasteiger partial charge in [-0.15, -0.1) is 0 Å². The fourth-order valence-electron chi connectivity index (χ4n) is 1.72. The van der Waals surface area contributed by atoms with Crippen molar-refractivity contribution < 1.29 is 29.3 Å². The van der Waals surface area contributed by atoms with Crippen LogP contribution in [0.5, 0.6) is 0 Å².